The number of rotatable bonds is 10. The molecule has 0 unspecified atom stereocenters. The van der Waals surface area contributed by atoms with Crippen LogP contribution in [0.25, 0.3) is 6.08 Å². The molecule has 2 aromatic rings. The second kappa shape index (κ2) is 12.0. The second-order valence-electron chi connectivity index (χ2n) is 8.53. The summed E-state index contributed by atoms with van der Waals surface area (Å²) in [5.41, 5.74) is 2.56. The minimum absolute atomic E-state index is 0.0671. The lowest BCUT2D eigenvalue weighted by molar-refractivity contribution is -0.145. The van der Waals surface area contributed by atoms with Gasteiger partial charge in [0.2, 0.25) is 0 Å². The highest BCUT2D eigenvalue weighted by Crippen LogP contribution is 2.28. The average molecular weight is 451 g/mol. The number of carbonyl (C=O) groups excluding carboxylic acids is 2. The summed E-state index contributed by atoms with van der Waals surface area (Å²) >= 11 is 0. The van der Waals surface area contributed by atoms with Crippen molar-refractivity contribution in [2.24, 2.45) is 0 Å². The fourth-order valence-electron chi connectivity index (χ4n) is 3.07. The molecular formula is C28H34O5. The average Bonchev–Trinajstić information content (AvgIpc) is 2.79. The predicted octanol–water partition coefficient (Wildman–Crippen LogP) is 6.51. The molecule has 0 aromatic heterocycles. The minimum Gasteiger partial charge on any atom is -0.481 e. The molecule has 176 valence electrons. The summed E-state index contributed by atoms with van der Waals surface area (Å²) in [5.74, 6) is 0.859. The highest BCUT2D eigenvalue weighted by atomic mass is 16.6. The van der Waals surface area contributed by atoms with Crippen molar-refractivity contribution in [2.45, 2.75) is 53.4 Å². The Kier molecular flexibility index (Phi) is 9.46. The molecule has 5 heteroatoms. The molecule has 0 spiro atoms. The predicted molar refractivity (Wildman–Crippen MR) is 132 cm³/mol. The lowest BCUT2D eigenvalue weighted by Gasteiger charge is -2.18. The van der Waals surface area contributed by atoms with Crippen molar-refractivity contribution < 1.29 is 23.8 Å². The Balaban J connectivity index is 2.26. The summed E-state index contributed by atoms with van der Waals surface area (Å²) in [6, 6.07) is 13.1. The first-order valence-corrected chi connectivity index (χ1v) is 11.3. The maximum absolute atomic E-state index is 12.9. The van der Waals surface area contributed by atoms with Crippen LogP contribution < -0.4 is 9.47 Å². The van der Waals surface area contributed by atoms with E-state index in [1.807, 2.05) is 32.1 Å². The van der Waals surface area contributed by atoms with Crippen LogP contribution >= 0.6 is 0 Å². The van der Waals surface area contributed by atoms with E-state index >= 15 is 0 Å². The third kappa shape index (κ3) is 7.94. The van der Waals surface area contributed by atoms with Crippen molar-refractivity contribution in [2.75, 3.05) is 13.2 Å². The molecule has 0 radical (unpaired) electrons. The molecular weight excluding hydrogens is 416 g/mol. The van der Waals surface area contributed by atoms with Gasteiger partial charge in [-0.05, 0) is 54.7 Å². The number of hydrogen-bond donors (Lipinski definition) is 0. The molecule has 0 aliphatic rings. The normalized spacial score (nSPS) is 12.0. The molecule has 0 bridgehead atoms. The smallest absolute Gasteiger partial charge is 0.344 e. The van der Waals surface area contributed by atoms with E-state index in [4.69, 9.17) is 14.2 Å². The fraction of sp³-hybridized carbons (Fsp3) is 0.357. The zero-order valence-corrected chi connectivity index (χ0v) is 20.4. The lowest BCUT2D eigenvalue weighted by Crippen LogP contribution is -2.15. The Labute approximate surface area is 197 Å². The van der Waals surface area contributed by atoms with Gasteiger partial charge in [-0.1, -0.05) is 58.0 Å². The molecule has 33 heavy (non-hydrogen) atoms. The summed E-state index contributed by atoms with van der Waals surface area (Å²) in [6.45, 7) is 12.1. The summed E-state index contributed by atoms with van der Waals surface area (Å²) in [4.78, 5) is 24.7. The maximum atomic E-state index is 12.9. The van der Waals surface area contributed by atoms with Crippen molar-refractivity contribution in [3.8, 4) is 11.5 Å². The van der Waals surface area contributed by atoms with E-state index in [-0.39, 0.29) is 30.2 Å². The molecule has 2 aromatic carbocycles. The van der Waals surface area contributed by atoms with Gasteiger partial charge in [-0.25, -0.2) is 4.79 Å². The molecule has 0 heterocycles. The van der Waals surface area contributed by atoms with Crippen LogP contribution in [0.15, 0.2) is 60.4 Å². The van der Waals surface area contributed by atoms with E-state index in [0.29, 0.717) is 11.3 Å². The first-order chi connectivity index (χ1) is 15.7. The van der Waals surface area contributed by atoms with Crippen LogP contribution in [0.4, 0.5) is 0 Å². The third-order valence-corrected chi connectivity index (χ3v) is 4.99. The molecule has 0 aliphatic heterocycles. The molecule has 0 aliphatic carbocycles. The van der Waals surface area contributed by atoms with Gasteiger partial charge in [0.25, 0.3) is 0 Å². The van der Waals surface area contributed by atoms with Gasteiger partial charge in [-0.2, -0.15) is 0 Å². The van der Waals surface area contributed by atoms with E-state index < -0.39 is 5.97 Å². The fourth-order valence-corrected chi connectivity index (χ4v) is 3.07. The van der Waals surface area contributed by atoms with Gasteiger partial charge in [0.15, 0.2) is 12.4 Å². The number of hydrogen-bond acceptors (Lipinski definition) is 5. The Morgan fingerprint density at radius 1 is 1.00 bits per heavy atom. The van der Waals surface area contributed by atoms with Crippen LogP contribution in [0.1, 0.15) is 69.4 Å². The number of benzene rings is 2. The van der Waals surface area contributed by atoms with Crippen molar-refractivity contribution in [1.82, 2.24) is 0 Å². The van der Waals surface area contributed by atoms with Gasteiger partial charge >= 0.3 is 5.97 Å². The van der Waals surface area contributed by atoms with Gasteiger partial charge < -0.3 is 14.2 Å². The third-order valence-electron chi connectivity index (χ3n) is 4.99. The van der Waals surface area contributed by atoms with Gasteiger partial charge in [-0.15, -0.1) is 0 Å². The number of ether oxygens (including phenoxy) is 3. The van der Waals surface area contributed by atoms with Crippen LogP contribution in [0, 0.1) is 0 Å². The zero-order chi connectivity index (χ0) is 24.4. The summed E-state index contributed by atoms with van der Waals surface area (Å²) in [6.07, 6.45) is 5.88. The topological polar surface area (TPSA) is 61.8 Å². The summed E-state index contributed by atoms with van der Waals surface area (Å²) < 4.78 is 16.4. The number of carbonyl (C=O) groups is 2. The van der Waals surface area contributed by atoms with Crippen LogP contribution in [0.3, 0.4) is 0 Å². The minimum atomic E-state index is -0.501. The molecule has 0 amide bonds. The second-order valence-corrected chi connectivity index (χ2v) is 8.53. The maximum Gasteiger partial charge on any atom is 0.344 e. The summed E-state index contributed by atoms with van der Waals surface area (Å²) in [5, 5.41) is 0. The van der Waals surface area contributed by atoms with E-state index in [2.05, 4.69) is 32.9 Å². The van der Waals surface area contributed by atoms with Gasteiger partial charge in [-0.3, -0.25) is 4.79 Å². The SMILES string of the molecule is CC=C(CC)Oc1ccc(C(=O)C=Cc2ccc(C(C)(C)C)cc2)c(OCC(=O)OCC)c1. The Hall–Kier alpha value is -3.34. The molecule has 0 N–H and O–H groups in total. The molecule has 0 saturated heterocycles. The molecule has 0 atom stereocenters. The highest BCUT2D eigenvalue weighted by Gasteiger charge is 2.15. The van der Waals surface area contributed by atoms with Crippen LogP contribution in [-0.4, -0.2) is 25.0 Å². The molecule has 0 fully saturated rings. The van der Waals surface area contributed by atoms with Crippen molar-refractivity contribution in [3.63, 3.8) is 0 Å². The van der Waals surface area contributed by atoms with E-state index in [1.54, 1.807) is 31.2 Å². The number of ketones is 1. The van der Waals surface area contributed by atoms with Gasteiger partial charge in [0, 0.05) is 12.5 Å². The van der Waals surface area contributed by atoms with Crippen LogP contribution in [0.5, 0.6) is 11.5 Å². The Morgan fingerprint density at radius 3 is 2.27 bits per heavy atom. The molecule has 2 rings (SSSR count). The largest absolute Gasteiger partial charge is 0.481 e. The molecule has 5 nitrogen and oxygen atoms in total. The quantitative estimate of drug-likeness (QED) is 0.179. The Morgan fingerprint density at radius 2 is 1.70 bits per heavy atom. The number of allylic oxidation sites excluding steroid dienone is 3. The highest BCUT2D eigenvalue weighted by molar-refractivity contribution is 6.08. The van der Waals surface area contributed by atoms with Gasteiger partial charge in [0.05, 0.1) is 17.9 Å². The zero-order valence-electron chi connectivity index (χ0n) is 20.4. The first kappa shape index (κ1) is 25.9. The number of esters is 1. The van der Waals surface area contributed by atoms with Crippen molar-refractivity contribution in [1.29, 1.82) is 0 Å². The lowest BCUT2D eigenvalue weighted by atomic mass is 9.87. The van der Waals surface area contributed by atoms with E-state index in [9.17, 15) is 9.59 Å². The van der Waals surface area contributed by atoms with Crippen molar-refractivity contribution >= 4 is 17.8 Å². The Bertz CT molecular complexity index is 1010. The van der Waals surface area contributed by atoms with E-state index in [0.717, 1.165) is 17.7 Å². The monoisotopic (exact) mass is 450 g/mol. The first-order valence-electron chi connectivity index (χ1n) is 11.3. The van der Waals surface area contributed by atoms with Crippen LogP contribution in [-0.2, 0) is 14.9 Å². The van der Waals surface area contributed by atoms with Gasteiger partial charge in [0.1, 0.15) is 11.5 Å². The van der Waals surface area contributed by atoms with Crippen molar-refractivity contribution in [3.05, 3.63) is 77.1 Å². The van der Waals surface area contributed by atoms with E-state index in [1.165, 1.54) is 11.6 Å². The standard InChI is InChI=1S/C28H34O5/c1-7-22(8-2)33-23-15-16-24(26(18-23)32-19-27(30)31-9-3)25(29)17-12-20-10-13-21(14-11-20)28(4,5)6/h7,10-18H,8-9,19H2,1-6H3. The summed E-state index contributed by atoms with van der Waals surface area (Å²) in [7, 11) is 0. The van der Waals surface area contributed by atoms with Crippen LogP contribution in [0.2, 0.25) is 0 Å². The molecule has 0 saturated carbocycles.